The molecule has 0 aliphatic heterocycles. The zero-order chi connectivity index (χ0) is 12.2. The van der Waals surface area contributed by atoms with Crippen LogP contribution in [0.1, 0.15) is 24.2 Å². The Labute approximate surface area is 109 Å². The minimum atomic E-state index is -0.831. The lowest BCUT2D eigenvalue weighted by Crippen LogP contribution is -2.35. The van der Waals surface area contributed by atoms with Gasteiger partial charge < -0.3 is 4.74 Å². The lowest BCUT2D eigenvalue weighted by atomic mass is 9.96. The minimum absolute atomic E-state index is 0.0369. The number of carbonyl (C=O) groups excluding carboxylic acids is 1. The van der Waals surface area contributed by atoms with Crippen molar-refractivity contribution in [2.45, 2.75) is 19.4 Å². The number of halogens is 2. The average Bonchev–Trinajstić information content (AvgIpc) is 2.26. The molecular weight excluding hydrogens is 291 g/mol. The predicted octanol–water partition coefficient (Wildman–Crippen LogP) is 3.67. The molecule has 0 aromatic heterocycles. The first-order valence-corrected chi connectivity index (χ1v) is 6.30. The van der Waals surface area contributed by atoms with Gasteiger partial charge >= 0.3 is 0 Å². The average molecular weight is 306 g/mol. The Kier molecular flexibility index (Phi) is 4.96. The van der Waals surface area contributed by atoms with Crippen molar-refractivity contribution in [3.63, 3.8) is 0 Å². The number of hydrogen-bond donors (Lipinski definition) is 0. The summed E-state index contributed by atoms with van der Waals surface area (Å²) < 4.78 is 6.38. The molecule has 4 heteroatoms. The third-order valence-electron chi connectivity index (χ3n) is 2.19. The van der Waals surface area contributed by atoms with E-state index < -0.39 is 5.60 Å². The summed E-state index contributed by atoms with van der Waals surface area (Å²) in [4.78, 5) is 12.1. The standard InChI is InChI=1S/C12H14BrClO2/c1-12(2,16-8-7-14)11(15)9-3-5-10(13)6-4-9/h3-6H,7-8H2,1-2H3. The van der Waals surface area contributed by atoms with Crippen LogP contribution in [-0.2, 0) is 4.74 Å². The number of carbonyl (C=O) groups is 1. The Morgan fingerprint density at radius 3 is 2.44 bits per heavy atom. The Bertz CT molecular complexity index is 360. The molecule has 88 valence electrons. The van der Waals surface area contributed by atoms with Crippen molar-refractivity contribution in [3.8, 4) is 0 Å². The summed E-state index contributed by atoms with van der Waals surface area (Å²) in [6.07, 6.45) is 0. The molecule has 0 amide bonds. The van der Waals surface area contributed by atoms with Gasteiger partial charge in [0.1, 0.15) is 5.60 Å². The predicted molar refractivity (Wildman–Crippen MR) is 69.2 cm³/mol. The van der Waals surface area contributed by atoms with Crippen LogP contribution in [0.5, 0.6) is 0 Å². The van der Waals surface area contributed by atoms with E-state index in [9.17, 15) is 4.79 Å². The first kappa shape index (κ1) is 13.7. The van der Waals surface area contributed by atoms with Gasteiger partial charge in [0.05, 0.1) is 6.61 Å². The summed E-state index contributed by atoms with van der Waals surface area (Å²) in [6, 6.07) is 7.23. The first-order valence-electron chi connectivity index (χ1n) is 4.97. The maximum atomic E-state index is 12.1. The molecule has 0 N–H and O–H groups in total. The molecule has 0 fully saturated rings. The number of rotatable bonds is 5. The smallest absolute Gasteiger partial charge is 0.194 e. The highest BCUT2D eigenvalue weighted by Gasteiger charge is 2.29. The molecule has 0 spiro atoms. The molecule has 2 nitrogen and oxygen atoms in total. The number of ether oxygens (including phenoxy) is 1. The number of ketones is 1. The van der Waals surface area contributed by atoms with Gasteiger partial charge in [-0.1, -0.05) is 28.1 Å². The quantitative estimate of drug-likeness (QED) is 0.613. The molecule has 0 aliphatic rings. The molecule has 0 saturated carbocycles. The molecule has 0 aliphatic carbocycles. The summed E-state index contributed by atoms with van der Waals surface area (Å²) >= 11 is 8.86. The van der Waals surface area contributed by atoms with Crippen LogP contribution in [0, 0.1) is 0 Å². The second kappa shape index (κ2) is 5.80. The largest absolute Gasteiger partial charge is 0.366 e. The molecule has 0 bridgehead atoms. The third kappa shape index (κ3) is 3.58. The van der Waals surface area contributed by atoms with E-state index >= 15 is 0 Å². The molecule has 0 saturated heterocycles. The lowest BCUT2D eigenvalue weighted by Gasteiger charge is -2.23. The summed E-state index contributed by atoms with van der Waals surface area (Å²) in [5, 5.41) is 0. The fraction of sp³-hybridized carbons (Fsp3) is 0.417. The Morgan fingerprint density at radius 2 is 1.94 bits per heavy atom. The molecule has 0 unspecified atom stereocenters. The van der Waals surface area contributed by atoms with Crippen molar-refractivity contribution in [2.75, 3.05) is 12.5 Å². The molecular formula is C12H14BrClO2. The van der Waals surface area contributed by atoms with Crippen molar-refractivity contribution in [3.05, 3.63) is 34.3 Å². The van der Waals surface area contributed by atoms with Gasteiger partial charge in [-0.15, -0.1) is 11.6 Å². The monoisotopic (exact) mass is 304 g/mol. The highest BCUT2D eigenvalue weighted by molar-refractivity contribution is 9.10. The maximum Gasteiger partial charge on any atom is 0.194 e. The van der Waals surface area contributed by atoms with Crippen LogP contribution < -0.4 is 0 Å². The van der Waals surface area contributed by atoms with E-state index in [1.165, 1.54) is 0 Å². The molecule has 0 radical (unpaired) electrons. The van der Waals surface area contributed by atoms with Crippen LogP contribution in [0.25, 0.3) is 0 Å². The van der Waals surface area contributed by atoms with Crippen molar-refractivity contribution < 1.29 is 9.53 Å². The highest BCUT2D eigenvalue weighted by Crippen LogP contribution is 2.19. The molecule has 1 aromatic rings. The maximum absolute atomic E-state index is 12.1. The van der Waals surface area contributed by atoms with Gasteiger partial charge in [0.15, 0.2) is 5.78 Å². The van der Waals surface area contributed by atoms with Crippen molar-refractivity contribution in [1.82, 2.24) is 0 Å². The topological polar surface area (TPSA) is 26.3 Å². The fourth-order valence-corrected chi connectivity index (χ4v) is 1.65. The Hall–Kier alpha value is -0.380. The zero-order valence-corrected chi connectivity index (χ0v) is 11.6. The Balaban J connectivity index is 2.80. The number of hydrogen-bond acceptors (Lipinski definition) is 2. The van der Waals surface area contributed by atoms with Gasteiger partial charge in [0, 0.05) is 15.9 Å². The Morgan fingerprint density at radius 1 is 1.38 bits per heavy atom. The minimum Gasteiger partial charge on any atom is -0.366 e. The van der Waals surface area contributed by atoms with Gasteiger partial charge in [0.2, 0.25) is 0 Å². The normalized spacial score (nSPS) is 11.5. The summed E-state index contributed by atoms with van der Waals surface area (Å²) in [6.45, 7) is 3.88. The van der Waals surface area contributed by atoms with Gasteiger partial charge in [-0.2, -0.15) is 0 Å². The van der Waals surface area contributed by atoms with Crippen LogP contribution in [0.3, 0.4) is 0 Å². The zero-order valence-electron chi connectivity index (χ0n) is 9.30. The molecule has 0 atom stereocenters. The van der Waals surface area contributed by atoms with Gasteiger partial charge in [0.25, 0.3) is 0 Å². The molecule has 16 heavy (non-hydrogen) atoms. The highest BCUT2D eigenvalue weighted by atomic mass is 79.9. The van der Waals surface area contributed by atoms with Crippen LogP contribution in [0.2, 0.25) is 0 Å². The van der Waals surface area contributed by atoms with E-state index in [0.717, 1.165) is 4.47 Å². The first-order chi connectivity index (χ1) is 7.47. The van der Waals surface area contributed by atoms with Gasteiger partial charge in [-0.05, 0) is 26.0 Å². The van der Waals surface area contributed by atoms with Crippen LogP contribution in [-0.4, -0.2) is 23.9 Å². The van der Waals surface area contributed by atoms with E-state index in [1.807, 2.05) is 12.1 Å². The third-order valence-corrected chi connectivity index (χ3v) is 2.88. The summed E-state index contributed by atoms with van der Waals surface area (Å²) in [5.74, 6) is 0.349. The molecule has 1 aromatic carbocycles. The van der Waals surface area contributed by atoms with Crippen molar-refractivity contribution in [1.29, 1.82) is 0 Å². The molecule has 1 rings (SSSR count). The van der Waals surface area contributed by atoms with Crippen LogP contribution in [0.4, 0.5) is 0 Å². The SMILES string of the molecule is CC(C)(OCCCl)C(=O)c1ccc(Br)cc1. The van der Waals surface area contributed by atoms with E-state index in [0.29, 0.717) is 18.1 Å². The van der Waals surface area contributed by atoms with Gasteiger partial charge in [-0.3, -0.25) is 4.79 Å². The second-order valence-corrected chi connectivity index (χ2v) is 5.18. The fourth-order valence-electron chi connectivity index (χ4n) is 1.31. The van der Waals surface area contributed by atoms with E-state index in [-0.39, 0.29) is 5.78 Å². The van der Waals surface area contributed by atoms with Crippen molar-refractivity contribution in [2.24, 2.45) is 0 Å². The second-order valence-electron chi connectivity index (χ2n) is 3.88. The van der Waals surface area contributed by atoms with E-state index in [4.69, 9.17) is 16.3 Å². The van der Waals surface area contributed by atoms with Crippen LogP contribution >= 0.6 is 27.5 Å². The number of Topliss-reactive ketones (excluding diaryl/α,β-unsaturated/α-hetero) is 1. The summed E-state index contributed by atoms with van der Waals surface area (Å²) in [7, 11) is 0. The summed E-state index contributed by atoms with van der Waals surface area (Å²) in [5.41, 5.74) is -0.189. The lowest BCUT2D eigenvalue weighted by molar-refractivity contribution is 0.00209. The van der Waals surface area contributed by atoms with Crippen molar-refractivity contribution >= 4 is 33.3 Å². The number of benzene rings is 1. The number of alkyl halides is 1. The van der Waals surface area contributed by atoms with E-state index in [1.54, 1.807) is 26.0 Å². The molecule has 0 heterocycles. The van der Waals surface area contributed by atoms with E-state index in [2.05, 4.69) is 15.9 Å². The van der Waals surface area contributed by atoms with Crippen LogP contribution in [0.15, 0.2) is 28.7 Å². The van der Waals surface area contributed by atoms with Gasteiger partial charge in [-0.25, -0.2) is 0 Å².